The predicted molar refractivity (Wildman–Crippen MR) is 56.5 cm³/mol. The number of hydrogen-bond acceptors (Lipinski definition) is 5. The zero-order valence-corrected chi connectivity index (χ0v) is 9.77. The zero-order chi connectivity index (χ0) is 10.7. The summed E-state index contributed by atoms with van der Waals surface area (Å²) in [6.45, 7) is 1.20. The van der Waals surface area contributed by atoms with Gasteiger partial charge in [0, 0.05) is 19.5 Å². The maximum atomic E-state index is 10.6. The van der Waals surface area contributed by atoms with Crippen molar-refractivity contribution in [1.82, 2.24) is 9.80 Å². The molecule has 6 heteroatoms. The van der Waals surface area contributed by atoms with Crippen molar-refractivity contribution in [2.75, 3.05) is 20.1 Å². The van der Waals surface area contributed by atoms with E-state index >= 15 is 0 Å². The van der Waals surface area contributed by atoms with E-state index in [0.29, 0.717) is 25.9 Å². The van der Waals surface area contributed by atoms with Gasteiger partial charge in [-0.3, -0.25) is 9.69 Å². The highest BCUT2D eigenvalue weighted by molar-refractivity contribution is 9.18. The Kier molecular flexibility index (Phi) is 4.46. The van der Waals surface area contributed by atoms with Crippen LogP contribution in [-0.4, -0.2) is 52.3 Å². The molecule has 5 nitrogen and oxygen atoms in total. The van der Waals surface area contributed by atoms with Gasteiger partial charge in [-0.2, -0.15) is 0 Å². The van der Waals surface area contributed by atoms with Crippen molar-refractivity contribution in [3.05, 3.63) is 0 Å². The molecule has 1 fully saturated rings. The molecule has 0 radical (unpaired) electrons. The summed E-state index contributed by atoms with van der Waals surface area (Å²) in [4.78, 5) is 14.3. The summed E-state index contributed by atoms with van der Waals surface area (Å²) >= 11 is 2.86. The number of carbonyl (C=O) groups is 1. The fraction of sp³-hybridized carbons (Fsp3) is 0.875. The first-order chi connectivity index (χ1) is 6.52. The van der Waals surface area contributed by atoms with E-state index in [0.717, 1.165) is 0 Å². The van der Waals surface area contributed by atoms with Crippen molar-refractivity contribution in [2.24, 2.45) is 5.73 Å². The minimum atomic E-state index is -0.513. The Balaban J connectivity index is 2.33. The van der Waals surface area contributed by atoms with E-state index in [-0.39, 0.29) is 11.0 Å². The van der Waals surface area contributed by atoms with Gasteiger partial charge in [-0.25, -0.2) is 4.90 Å². The summed E-state index contributed by atoms with van der Waals surface area (Å²) in [5.74, 6) is 0. The van der Waals surface area contributed by atoms with Crippen LogP contribution in [0, 0.1) is 0 Å². The third kappa shape index (κ3) is 2.99. The molecule has 2 atom stereocenters. The molecule has 1 heterocycles. The molecule has 0 aromatic carbocycles. The second-order valence-corrected chi connectivity index (χ2v) is 4.41. The van der Waals surface area contributed by atoms with Gasteiger partial charge in [0.25, 0.3) is 0 Å². The molecule has 0 aromatic rings. The monoisotopic (exact) mass is 265 g/mol. The van der Waals surface area contributed by atoms with Crippen LogP contribution in [0.1, 0.15) is 12.8 Å². The van der Waals surface area contributed by atoms with Gasteiger partial charge >= 0.3 is 0 Å². The van der Waals surface area contributed by atoms with E-state index in [9.17, 15) is 9.90 Å². The third-order valence-electron chi connectivity index (χ3n) is 2.42. The fourth-order valence-electron chi connectivity index (χ4n) is 1.58. The Morgan fingerprint density at radius 1 is 1.71 bits per heavy atom. The summed E-state index contributed by atoms with van der Waals surface area (Å²) in [6.07, 6.45) is 0.429. The van der Waals surface area contributed by atoms with E-state index in [4.69, 9.17) is 5.73 Å². The van der Waals surface area contributed by atoms with Crippen LogP contribution in [0.15, 0.2) is 0 Å². The number of rotatable bonds is 4. The highest BCUT2D eigenvalue weighted by Gasteiger charge is 2.32. The molecular formula is C8H16BrN3O2. The number of aliphatic hydroxyl groups excluding tert-OH is 1. The predicted octanol–water partition coefficient (Wildman–Crippen LogP) is -0.504. The molecule has 82 valence electrons. The third-order valence-corrected chi connectivity index (χ3v) is 2.81. The first kappa shape index (κ1) is 12.1. The van der Waals surface area contributed by atoms with Gasteiger partial charge < -0.3 is 10.8 Å². The second kappa shape index (κ2) is 5.18. The van der Waals surface area contributed by atoms with E-state index in [1.807, 2.05) is 11.9 Å². The van der Waals surface area contributed by atoms with Crippen LogP contribution < -0.4 is 5.73 Å². The first-order valence-electron chi connectivity index (χ1n) is 4.60. The minimum Gasteiger partial charge on any atom is -0.377 e. The number of nitrogens with two attached hydrogens (primary N) is 1. The molecule has 2 unspecified atom stereocenters. The summed E-state index contributed by atoms with van der Waals surface area (Å²) in [6, 6.07) is 0. The lowest BCUT2D eigenvalue weighted by Crippen LogP contribution is -2.46. The van der Waals surface area contributed by atoms with E-state index in [2.05, 4.69) is 15.9 Å². The molecule has 0 saturated carbocycles. The van der Waals surface area contributed by atoms with Gasteiger partial charge in [0.1, 0.15) is 12.5 Å². The summed E-state index contributed by atoms with van der Waals surface area (Å²) in [7, 11) is 1.86. The molecular weight excluding hydrogens is 250 g/mol. The standard InChI is InChI=1S/C8H16BrN3O2/c1-11-5-7(14)12(8(11)10)4-2-3-6(9)13/h7-8,14H,2-5,10H2,1H3. The average molecular weight is 266 g/mol. The van der Waals surface area contributed by atoms with Gasteiger partial charge in [0.2, 0.25) is 0 Å². The SMILES string of the molecule is CN1CC(O)N(CCCC(=O)Br)C1N. The van der Waals surface area contributed by atoms with Crippen molar-refractivity contribution in [1.29, 1.82) is 0 Å². The van der Waals surface area contributed by atoms with Crippen LogP contribution in [0.5, 0.6) is 0 Å². The van der Waals surface area contributed by atoms with Crippen LogP contribution in [0.4, 0.5) is 0 Å². The van der Waals surface area contributed by atoms with Gasteiger partial charge in [-0.1, -0.05) is 0 Å². The lowest BCUT2D eigenvalue weighted by Gasteiger charge is -2.24. The van der Waals surface area contributed by atoms with Gasteiger partial charge in [0.15, 0.2) is 4.69 Å². The second-order valence-electron chi connectivity index (χ2n) is 3.53. The maximum Gasteiger partial charge on any atom is 0.197 e. The summed E-state index contributed by atoms with van der Waals surface area (Å²) in [5, 5.41) is 9.60. The lowest BCUT2D eigenvalue weighted by molar-refractivity contribution is -0.110. The Morgan fingerprint density at radius 3 is 2.79 bits per heavy atom. The normalized spacial score (nSPS) is 29.7. The number of hydrogen-bond donors (Lipinski definition) is 2. The highest BCUT2D eigenvalue weighted by atomic mass is 79.9. The molecule has 0 aliphatic carbocycles. The number of halogens is 1. The number of nitrogens with zero attached hydrogens (tertiary/aromatic N) is 2. The van der Waals surface area contributed by atoms with Crippen LogP contribution >= 0.6 is 15.9 Å². The van der Waals surface area contributed by atoms with Crippen molar-refractivity contribution in [3.63, 3.8) is 0 Å². The van der Waals surface area contributed by atoms with E-state index < -0.39 is 6.23 Å². The first-order valence-corrected chi connectivity index (χ1v) is 5.39. The lowest BCUT2D eigenvalue weighted by atomic mass is 10.3. The number of likely N-dealkylation sites (N-methyl/N-ethyl adjacent to an activating group) is 1. The quantitative estimate of drug-likeness (QED) is 0.671. The highest BCUT2D eigenvalue weighted by Crippen LogP contribution is 2.14. The number of β-amino-alcohol motifs (C(OH)–C–C–N with tert-alkyl or cyclic N) is 1. The number of carbonyl (C=O) groups excluding carboxylic acids is 1. The molecule has 1 aliphatic heterocycles. The Hall–Kier alpha value is -0.0100. The molecule has 0 spiro atoms. The minimum absolute atomic E-state index is 0.00638. The summed E-state index contributed by atoms with van der Waals surface area (Å²) in [5.41, 5.74) is 5.82. The van der Waals surface area contributed by atoms with Gasteiger partial charge in [-0.15, -0.1) is 0 Å². The largest absolute Gasteiger partial charge is 0.377 e. The molecule has 0 amide bonds. The molecule has 3 N–H and O–H groups in total. The molecule has 1 rings (SSSR count). The van der Waals surface area contributed by atoms with Crippen molar-refractivity contribution in [2.45, 2.75) is 25.4 Å². The van der Waals surface area contributed by atoms with Crippen molar-refractivity contribution >= 4 is 20.6 Å². The van der Waals surface area contributed by atoms with Crippen LogP contribution in [0.3, 0.4) is 0 Å². The molecule has 14 heavy (non-hydrogen) atoms. The van der Waals surface area contributed by atoms with Crippen LogP contribution in [0.25, 0.3) is 0 Å². The Labute approximate surface area is 92.0 Å². The van der Waals surface area contributed by atoms with E-state index in [1.165, 1.54) is 0 Å². The Bertz CT molecular complexity index is 215. The van der Waals surface area contributed by atoms with Crippen LogP contribution in [-0.2, 0) is 4.79 Å². The molecule has 0 bridgehead atoms. The average Bonchev–Trinajstić information content (AvgIpc) is 2.31. The van der Waals surface area contributed by atoms with Gasteiger partial charge in [-0.05, 0) is 29.4 Å². The van der Waals surface area contributed by atoms with Gasteiger partial charge in [0.05, 0.1) is 0 Å². The maximum absolute atomic E-state index is 10.6. The topological polar surface area (TPSA) is 69.8 Å². The molecule has 0 aromatic heterocycles. The molecule has 1 saturated heterocycles. The van der Waals surface area contributed by atoms with E-state index in [1.54, 1.807) is 4.90 Å². The summed E-state index contributed by atoms with van der Waals surface area (Å²) < 4.78 is -0.00638. The zero-order valence-electron chi connectivity index (χ0n) is 8.19. The smallest absolute Gasteiger partial charge is 0.197 e. The molecule has 1 aliphatic rings. The number of aliphatic hydroxyl groups is 1. The fourth-order valence-corrected chi connectivity index (χ4v) is 1.86. The van der Waals surface area contributed by atoms with Crippen molar-refractivity contribution in [3.8, 4) is 0 Å². The Morgan fingerprint density at radius 2 is 2.36 bits per heavy atom. The van der Waals surface area contributed by atoms with Crippen molar-refractivity contribution < 1.29 is 9.90 Å². The van der Waals surface area contributed by atoms with Crippen LogP contribution in [0.2, 0.25) is 0 Å².